The third-order valence-corrected chi connectivity index (χ3v) is 6.35. The van der Waals surface area contributed by atoms with Gasteiger partial charge in [-0.25, -0.2) is 0 Å². The number of fused-ring (bicyclic) bond motifs is 1. The van der Waals surface area contributed by atoms with E-state index in [1.807, 2.05) is 24.3 Å². The second-order valence-electron chi connectivity index (χ2n) is 7.52. The summed E-state index contributed by atoms with van der Waals surface area (Å²) in [6, 6.07) is 12.1. The average molecular weight is 431 g/mol. The van der Waals surface area contributed by atoms with E-state index in [0.717, 1.165) is 82.1 Å². The summed E-state index contributed by atoms with van der Waals surface area (Å²) in [5.41, 5.74) is 3.33. The van der Waals surface area contributed by atoms with Crippen molar-refractivity contribution in [2.45, 2.75) is 25.7 Å². The van der Waals surface area contributed by atoms with Crippen LogP contribution in [0.15, 0.2) is 41.4 Å². The molecule has 1 radical (unpaired) electrons. The first-order valence-corrected chi connectivity index (χ1v) is 11.1. The highest BCUT2D eigenvalue weighted by atomic mass is 35.5. The van der Waals surface area contributed by atoms with Gasteiger partial charge in [-0.3, -0.25) is 9.89 Å². The zero-order valence-corrected chi connectivity index (χ0v) is 18.1. The van der Waals surface area contributed by atoms with E-state index >= 15 is 0 Å². The van der Waals surface area contributed by atoms with Crippen LogP contribution in [0.25, 0.3) is 0 Å². The molecule has 0 saturated carbocycles. The molecule has 4 rings (SSSR count). The molecular formula is C23H26Cl2N3O. The molecule has 1 saturated heterocycles. The lowest BCUT2D eigenvalue weighted by Gasteiger charge is -2.36. The summed E-state index contributed by atoms with van der Waals surface area (Å²) in [5, 5.41) is 1.28. The van der Waals surface area contributed by atoms with Crippen molar-refractivity contribution in [2.24, 2.45) is 4.99 Å². The van der Waals surface area contributed by atoms with Gasteiger partial charge in [-0.1, -0.05) is 35.3 Å². The Morgan fingerprint density at radius 3 is 2.76 bits per heavy atom. The van der Waals surface area contributed by atoms with Crippen molar-refractivity contribution >= 4 is 40.8 Å². The van der Waals surface area contributed by atoms with Crippen molar-refractivity contribution in [1.29, 1.82) is 0 Å². The van der Waals surface area contributed by atoms with E-state index in [9.17, 15) is 0 Å². The van der Waals surface area contributed by atoms with Gasteiger partial charge < -0.3 is 9.64 Å². The van der Waals surface area contributed by atoms with Crippen molar-refractivity contribution in [2.75, 3.05) is 44.2 Å². The molecule has 4 nitrogen and oxygen atoms in total. The van der Waals surface area contributed by atoms with Gasteiger partial charge in [-0.15, -0.1) is 0 Å². The molecule has 0 N–H and O–H groups in total. The lowest BCUT2D eigenvalue weighted by molar-refractivity contribution is 0.238. The number of ether oxygens (including phenoxy) is 1. The Morgan fingerprint density at radius 2 is 1.90 bits per heavy atom. The first kappa shape index (κ1) is 20.5. The van der Waals surface area contributed by atoms with Crippen LogP contribution >= 0.6 is 23.2 Å². The summed E-state index contributed by atoms with van der Waals surface area (Å²) in [6.45, 7) is 5.88. The van der Waals surface area contributed by atoms with Gasteiger partial charge in [0.05, 0.1) is 34.2 Å². The summed E-state index contributed by atoms with van der Waals surface area (Å²) in [7, 11) is 0. The number of nitrogens with zero attached hydrogens (tertiary/aromatic N) is 3. The van der Waals surface area contributed by atoms with Crippen LogP contribution in [0.2, 0.25) is 10.0 Å². The number of halogens is 2. The number of anilines is 1. The molecule has 2 aliphatic heterocycles. The maximum atomic E-state index is 6.36. The second kappa shape index (κ2) is 9.84. The Balaban J connectivity index is 1.15. The topological polar surface area (TPSA) is 28.1 Å². The van der Waals surface area contributed by atoms with Crippen LogP contribution in [0.4, 0.5) is 11.4 Å². The van der Waals surface area contributed by atoms with Gasteiger partial charge >= 0.3 is 0 Å². The normalized spacial score (nSPS) is 16.7. The molecule has 0 unspecified atom stereocenters. The molecule has 0 amide bonds. The molecule has 6 heteroatoms. The quantitative estimate of drug-likeness (QED) is 0.542. The monoisotopic (exact) mass is 430 g/mol. The third kappa shape index (κ3) is 5.25. The van der Waals surface area contributed by atoms with E-state index in [-0.39, 0.29) is 0 Å². The van der Waals surface area contributed by atoms with Crippen LogP contribution < -0.4 is 9.64 Å². The number of piperazine rings is 1. The van der Waals surface area contributed by atoms with E-state index in [1.165, 1.54) is 5.56 Å². The van der Waals surface area contributed by atoms with Gasteiger partial charge in [0, 0.05) is 32.2 Å². The fourth-order valence-corrected chi connectivity index (χ4v) is 4.27. The maximum Gasteiger partial charge on any atom is 0.121 e. The molecule has 2 aliphatic rings. The molecule has 0 spiro atoms. The van der Waals surface area contributed by atoms with Gasteiger partial charge in [0.25, 0.3) is 0 Å². The molecule has 0 aliphatic carbocycles. The zero-order chi connectivity index (χ0) is 20.1. The van der Waals surface area contributed by atoms with Gasteiger partial charge in [0.2, 0.25) is 0 Å². The summed E-state index contributed by atoms with van der Waals surface area (Å²) in [5.74, 6) is 0.906. The molecule has 2 heterocycles. The van der Waals surface area contributed by atoms with Crippen LogP contribution in [-0.4, -0.2) is 50.4 Å². The summed E-state index contributed by atoms with van der Waals surface area (Å²) in [4.78, 5) is 9.18. The number of hydrogen-bond donors (Lipinski definition) is 0. The van der Waals surface area contributed by atoms with Crippen molar-refractivity contribution in [1.82, 2.24) is 4.90 Å². The fraction of sp³-hybridized carbons (Fsp3) is 0.435. The van der Waals surface area contributed by atoms with Gasteiger partial charge in [-0.2, -0.15) is 0 Å². The highest BCUT2D eigenvalue weighted by molar-refractivity contribution is 6.43. The minimum absolute atomic E-state index is 0.621. The third-order valence-electron chi connectivity index (χ3n) is 5.54. The fourth-order valence-electron chi connectivity index (χ4n) is 3.86. The van der Waals surface area contributed by atoms with Crippen molar-refractivity contribution in [3.63, 3.8) is 0 Å². The molecule has 153 valence electrons. The van der Waals surface area contributed by atoms with E-state index in [0.29, 0.717) is 10.0 Å². The smallest absolute Gasteiger partial charge is 0.121 e. The molecule has 0 atom stereocenters. The van der Waals surface area contributed by atoms with Crippen molar-refractivity contribution in [3.8, 4) is 5.75 Å². The summed E-state index contributed by atoms with van der Waals surface area (Å²) >= 11 is 12.5. The first-order chi connectivity index (χ1) is 14.2. The summed E-state index contributed by atoms with van der Waals surface area (Å²) in [6.07, 6.45) is 7.16. The number of aliphatic imine (C=N–C) groups is 1. The largest absolute Gasteiger partial charge is 0.494 e. The SMILES string of the molecule is Clc1cccc(N2CCN(CCCCOc3ccc4c(c3)N=[C]CC4)CC2)c1Cl. The molecule has 1 fully saturated rings. The number of unbranched alkanes of at least 4 members (excludes halogenated alkanes) is 1. The lowest BCUT2D eigenvalue weighted by atomic mass is 10.1. The highest BCUT2D eigenvalue weighted by Gasteiger charge is 2.19. The minimum atomic E-state index is 0.621. The van der Waals surface area contributed by atoms with Crippen molar-refractivity contribution < 1.29 is 4.74 Å². The van der Waals surface area contributed by atoms with E-state index in [1.54, 1.807) is 0 Å². The summed E-state index contributed by atoms with van der Waals surface area (Å²) < 4.78 is 5.92. The number of aryl methyl sites for hydroxylation is 1. The van der Waals surface area contributed by atoms with Crippen LogP contribution in [0.3, 0.4) is 0 Å². The van der Waals surface area contributed by atoms with Crippen molar-refractivity contribution in [3.05, 3.63) is 52.0 Å². The average Bonchev–Trinajstić information content (AvgIpc) is 2.76. The van der Waals surface area contributed by atoms with Crippen LogP contribution in [0.5, 0.6) is 5.75 Å². The highest BCUT2D eigenvalue weighted by Crippen LogP contribution is 2.33. The minimum Gasteiger partial charge on any atom is -0.494 e. The Labute approximate surface area is 183 Å². The Morgan fingerprint density at radius 1 is 1.03 bits per heavy atom. The van der Waals surface area contributed by atoms with Crippen LogP contribution in [-0.2, 0) is 6.42 Å². The second-order valence-corrected chi connectivity index (χ2v) is 8.30. The van der Waals surface area contributed by atoms with Gasteiger partial charge in [0.15, 0.2) is 0 Å². The van der Waals surface area contributed by atoms with E-state index in [2.05, 4.69) is 33.1 Å². The molecule has 2 aromatic rings. The predicted octanol–water partition coefficient (Wildman–Crippen LogP) is 5.50. The van der Waals surface area contributed by atoms with Gasteiger partial charge in [0.1, 0.15) is 5.75 Å². The van der Waals surface area contributed by atoms with E-state index < -0.39 is 0 Å². The molecule has 29 heavy (non-hydrogen) atoms. The Hall–Kier alpha value is -1.75. The zero-order valence-electron chi connectivity index (χ0n) is 16.5. The predicted molar refractivity (Wildman–Crippen MR) is 122 cm³/mol. The number of rotatable bonds is 7. The Bertz CT molecular complexity index is 863. The molecule has 2 aromatic carbocycles. The first-order valence-electron chi connectivity index (χ1n) is 10.3. The Kier molecular flexibility index (Phi) is 6.96. The standard InChI is InChI=1S/C23H26Cl2N3O/c24-20-6-3-7-22(23(20)25)28-14-12-27(13-15-28)11-1-2-16-29-19-9-8-18-5-4-10-26-21(18)17-19/h3,6-9,17H,1-2,4-5,11-16H2. The molecular weight excluding hydrogens is 405 g/mol. The van der Waals surface area contributed by atoms with Crippen LogP contribution in [0, 0.1) is 0 Å². The molecule has 0 aromatic heterocycles. The number of hydrogen-bond acceptors (Lipinski definition) is 4. The lowest BCUT2D eigenvalue weighted by Crippen LogP contribution is -2.46. The van der Waals surface area contributed by atoms with Crippen LogP contribution in [0.1, 0.15) is 24.8 Å². The molecule has 0 bridgehead atoms. The maximum absolute atomic E-state index is 6.36. The van der Waals surface area contributed by atoms with E-state index in [4.69, 9.17) is 27.9 Å². The number of benzene rings is 2. The van der Waals surface area contributed by atoms with Gasteiger partial charge in [-0.05, 0) is 56.0 Å².